The Morgan fingerprint density at radius 2 is 0.500 bits per heavy atom. The van der Waals surface area contributed by atoms with Crippen molar-refractivity contribution < 1.29 is 122 Å². The molecule has 0 aliphatic carbocycles. The molecule has 0 aromatic rings. The van der Waals surface area contributed by atoms with Gasteiger partial charge >= 0.3 is 63.7 Å². The van der Waals surface area contributed by atoms with Crippen LogP contribution < -0.4 is 0 Å². The van der Waals surface area contributed by atoms with Gasteiger partial charge in [-0.3, -0.25) is 19.2 Å². The molecule has 0 heterocycles. The first-order valence-corrected chi connectivity index (χ1v) is 5.50. The van der Waals surface area contributed by atoms with Gasteiger partial charge in [-0.2, -0.15) is 52.7 Å². The molecule has 0 radical (unpaired) electrons. The van der Waals surface area contributed by atoms with Gasteiger partial charge in [-0.15, -0.1) is 0 Å². The van der Waals surface area contributed by atoms with E-state index in [1.807, 2.05) is 0 Å². The molecular weight excluding hydrogens is 575 g/mol. The minimum absolute atomic E-state index is 0. The number of rotatable bonds is 4. The van der Waals surface area contributed by atoms with Crippen molar-refractivity contribution in [2.45, 2.75) is 37.5 Å². The summed E-state index contributed by atoms with van der Waals surface area (Å²) in [6.07, 6.45) is -26.0. The Bertz CT molecular complexity index is 466. The van der Waals surface area contributed by atoms with Gasteiger partial charge in [-0.05, 0) is 0 Å². The summed E-state index contributed by atoms with van der Waals surface area (Å²) in [6, 6.07) is 0. The van der Waals surface area contributed by atoms with Crippen LogP contribution in [0.2, 0.25) is 0 Å². The van der Waals surface area contributed by atoms with Crippen molar-refractivity contribution in [2.24, 2.45) is 0 Å². The van der Waals surface area contributed by atoms with Crippen LogP contribution in [0, 0.1) is 0 Å². The Morgan fingerprint density at radius 1 is 0.400 bits per heavy atom. The van der Waals surface area contributed by atoms with E-state index in [0.717, 1.165) is 0 Å². The van der Waals surface area contributed by atoms with E-state index in [0.29, 0.717) is 0 Å². The Labute approximate surface area is 182 Å². The van der Waals surface area contributed by atoms with Gasteiger partial charge in [0.1, 0.15) is 0 Å². The molecule has 4 N–H and O–H groups in total. The van der Waals surface area contributed by atoms with Crippen LogP contribution in [0.5, 0.6) is 0 Å². The molecule has 30 heavy (non-hydrogen) atoms. The van der Waals surface area contributed by atoms with E-state index in [2.05, 4.69) is 0 Å². The summed E-state index contributed by atoms with van der Waals surface area (Å²) in [7, 11) is 0. The monoisotopic (exact) mass is 580 g/mol. The molecule has 0 aromatic carbocycles. The van der Waals surface area contributed by atoms with Gasteiger partial charge in [-0.25, -0.2) is 0 Å². The molecule has 0 aromatic heterocycles. The fourth-order valence-electron chi connectivity index (χ4n) is 0.693. The first kappa shape index (κ1) is 43.0. The molecule has 0 saturated heterocycles. The van der Waals surface area contributed by atoms with Crippen LogP contribution in [0.3, 0.4) is 0 Å². The Hall–Kier alpha value is -0.993. The predicted octanol–water partition coefficient (Wildman–Crippen LogP) is 1.62. The normalized spacial score (nSPS) is 11.1. The summed E-state index contributed by atoms with van der Waals surface area (Å²) in [5.74, 6) is -10.8. The maximum absolute atomic E-state index is 11.3. The van der Waals surface area contributed by atoms with Crippen molar-refractivity contribution in [3.05, 3.63) is 0 Å². The molecule has 0 fully saturated rings. The summed E-state index contributed by atoms with van der Waals surface area (Å²) in [5.41, 5.74) is 0. The molecule has 20 heteroatoms. The van der Waals surface area contributed by atoms with E-state index in [9.17, 15) is 71.9 Å². The van der Waals surface area contributed by atoms with Crippen LogP contribution in [0.1, 0.15) is 12.8 Å². The number of alkyl halides is 12. The van der Waals surface area contributed by atoms with E-state index in [1.54, 1.807) is 0 Å². The average molecular weight is 583 g/mol. The zero-order chi connectivity index (χ0) is 21.7. The van der Waals surface area contributed by atoms with Crippen molar-refractivity contribution >= 4 is 23.1 Å². The van der Waals surface area contributed by atoms with Crippen LogP contribution in [0.4, 0.5) is 52.7 Å². The molecule has 0 aliphatic rings. The van der Waals surface area contributed by atoms with Gasteiger partial charge in [0.25, 0.3) is 0 Å². The third-order valence-electron chi connectivity index (χ3n) is 1.91. The van der Waals surface area contributed by atoms with Gasteiger partial charge in [0, 0.05) is 0 Å². The first-order chi connectivity index (χ1) is 11.1. The number of halogens is 12. The number of Topliss-reactive ketones (excluding diaryl/α,β-unsaturated/α-hetero) is 4. The van der Waals surface area contributed by atoms with Gasteiger partial charge in [0.15, 0.2) is 0 Å². The van der Waals surface area contributed by atoms with Gasteiger partial charge in [0.2, 0.25) is 23.1 Å². The predicted molar refractivity (Wildman–Crippen MR) is 60.7 cm³/mol. The van der Waals surface area contributed by atoms with Crippen LogP contribution >= 0.6 is 0 Å². The van der Waals surface area contributed by atoms with Crippen LogP contribution in [-0.2, 0) is 58.1 Å². The third-order valence-corrected chi connectivity index (χ3v) is 1.91. The van der Waals surface area contributed by atoms with Gasteiger partial charge in [0.05, 0.1) is 12.8 Å². The number of carbonyl (C=O) groups excluding carboxylic acids is 4. The van der Waals surface area contributed by atoms with Gasteiger partial charge in [-0.1, -0.05) is 0 Å². The maximum atomic E-state index is 11.3. The van der Waals surface area contributed by atoms with Crippen LogP contribution in [0.25, 0.3) is 0 Å². The second-order valence-electron chi connectivity index (χ2n) is 4.04. The third kappa shape index (κ3) is 19.0. The minimum Gasteiger partial charge on any atom is -0.412 e. The topological polar surface area (TPSA) is 131 Å². The van der Waals surface area contributed by atoms with Crippen molar-refractivity contribution in [2.75, 3.05) is 0 Å². The SMILES string of the molecule is O.O.O=C(CC(=O)C(F)(F)F)C(F)(F)F.O=C(CC(=O)C(F)(F)F)C(F)(F)F.[Zn+2].[Zn+2]. The van der Waals surface area contributed by atoms with Crippen molar-refractivity contribution in [3.8, 4) is 0 Å². The largest absolute Gasteiger partial charge is 2.00 e. The number of hydrogen-bond donors (Lipinski definition) is 0. The summed E-state index contributed by atoms with van der Waals surface area (Å²) in [6.45, 7) is 0. The first-order valence-electron chi connectivity index (χ1n) is 5.50. The molecular formula is C10H8F12O6Zn2+4. The van der Waals surface area contributed by atoms with E-state index in [1.165, 1.54) is 0 Å². The second kappa shape index (κ2) is 14.9. The quantitative estimate of drug-likeness (QED) is 0.283. The fourth-order valence-corrected chi connectivity index (χ4v) is 0.693. The van der Waals surface area contributed by atoms with Crippen molar-refractivity contribution in [1.29, 1.82) is 0 Å². The van der Waals surface area contributed by atoms with E-state index in [-0.39, 0.29) is 49.9 Å². The molecule has 0 spiro atoms. The minimum atomic E-state index is -5.40. The molecule has 0 bridgehead atoms. The summed E-state index contributed by atoms with van der Waals surface area (Å²) in [4.78, 5) is 39.5. The van der Waals surface area contributed by atoms with Crippen molar-refractivity contribution in [3.63, 3.8) is 0 Å². The number of ketones is 4. The summed E-state index contributed by atoms with van der Waals surface area (Å²) < 4.78 is 136. The fraction of sp³-hybridized carbons (Fsp3) is 0.600. The zero-order valence-corrected chi connectivity index (χ0v) is 19.9. The van der Waals surface area contributed by atoms with E-state index in [4.69, 9.17) is 0 Å². The van der Waals surface area contributed by atoms with Gasteiger partial charge < -0.3 is 11.0 Å². The molecule has 0 unspecified atom stereocenters. The molecule has 0 amide bonds. The molecule has 0 atom stereocenters. The number of carbonyl (C=O) groups is 4. The van der Waals surface area contributed by atoms with Crippen molar-refractivity contribution in [1.82, 2.24) is 0 Å². The molecule has 0 saturated carbocycles. The van der Waals surface area contributed by atoms with E-state index >= 15 is 0 Å². The molecule has 0 rings (SSSR count). The van der Waals surface area contributed by atoms with E-state index < -0.39 is 60.7 Å². The second-order valence-corrected chi connectivity index (χ2v) is 4.04. The smallest absolute Gasteiger partial charge is 0.412 e. The molecule has 168 valence electrons. The Morgan fingerprint density at radius 3 is 0.567 bits per heavy atom. The van der Waals surface area contributed by atoms with Crippen LogP contribution in [-0.4, -0.2) is 58.8 Å². The Balaban J connectivity index is -0.0000000847. The zero-order valence-electron chi connectivity index (χ0n) is 14.0. The average Bonchev–Trinajstić information content (AvgIpc) is 2.34. The Kier molecular flexibility index (Phi) is 21.4. The number of hydrogen-bond acceptors (Lipinski definition) is 4. The standard InChI is InChI=1S/2C5H2F6O2.2H2O.2Zn/c2*6-4(7,8)2(12)1-3(13)5(9,10)11;;;;/h2*1H2;2*1H2;;/q;;;;2*+2. The van der Waals surface area contributed by atoms with Crippen LogP contribution in [0.15, 0.2) is 0 Å². The molecule has 6 nitrogen and oxygen atoms in total. The maximum Gasteiger partial charge on any atom is 2.00 e. The summed E-state index contributed by atoms with van der Waals surface area (Å²) in [5, 5.41) is 0. The molecule has 0 aliphatic heterocycles. The summed E-state index contributed by atoms with van der Waals surface area (Å²) >= 11 is 0.